The van der Waals surface area contributed by atoms with Crippen molar-refractivity contribution in [1.82, 2.24) is 4.72 Å². The molecule has 0 saturated carbocycles. The summed E-state index contributed by atoms with van der Waals surface area (Å²) in [6.45, 7) is 0.322. The van der Waals surface area contributed by atoms with Crippen LogP contribution in [-0.4, -0.2) is 20.7 Å². The molecule has 2 rings (SSSR count). The fourth-order valence-electron chi connectivity index (χ4n) is 1.97. The lowest BCUT2D eigenvalue weighted by molar-refractivity contribution is 0.580. The summed E-state index contributed by atoms with van der Waals surface area (Å²) >= 11 is 0. The Morgan fingerprint density at radius 3 is 2.14 bits per heavy atom. The molecule has 0 unspecified atom stereocenters. The first kappa shape index (κ1) is 15.7. The van der Waals surface area contributed by atoms with Gasteiger partial charge in [-0.15, -0.1) is 0 Å². The van der Waals surface area contributed by atoms with Gasteiger partial charge in [0.15, 0.2) is 0 Å². The maximum absolute atomic E-state index is 12.7. The molecule has 0 bridgehead atoms. The normalized spacial score (nSPS) is 11.5. The molecule has 0 aliphatic heterocycles. The lowest BCUT2D eigenvalue weighted by atomic mass is 10.1. The number of halogens is 1. The highest BCUT2D eigenvalue weighted by Gasteiger charge is 2.09. The lowest BCUT2D eigenvalue weighted by Crippen LogP contribution is -2.29. The number of aryl methyl sites for hydroxylation is 1. The SMILES string of the molecule is O=S(=O)(CCc1ccccc1)NCCc1ccc(F)cc1. The summed E-state index contributed by atoms with van der Waals surface area (Å²) in [5, 5.41) is 0. The van der Waals surface area contributed by atoms with Crippen LogP contribution in [0.5, 0.6) is 0 Å². The van der Waals surface area contributed by atoms with Gasteiger partial charge in [0.2, 0.25) is 10.0 Å². The van der Waals surface area contributed by atoms with Crippen LogP contribution in [0.25, 0.3) is 0 Å². The fraction of sp³-hybridized carbons (Fsp3) is 0.250. The quantitative estimate of drug-likeness (QED) is 0.854. The maximum atomic E-state index is 12.7. The van der Waals surface area contributed by atoms with Gasteiger partial charge in [0, 0.05) is 6.54 Å². The predicted octanol–water partition coefficient (Wildman–Crippen LogP) is 2.53. The average Bonchev–Trinajstić information content (AvgIpc) is 2.48. The van der Waals surface area contributed by atoms with E-state index in [1.54, 1.807) is 12.1 Å². The van der Waals surface area contributed by atoms with Crippen LogP contribution in [0.2, 0.25) is 0 Å². The number of hydrogen-bond acceptors (Lipinski definition) is 2. The molecule has 0 heterocycles. The van der Waals surface area contributed by atoms with E-state index in [-0.39, 0.29) is 11.6 Å². The van der Waals surface area contributed by atoms with Crippen molar-refractivity contribution < 1.29 is 12.8 Å². The minimum atomic E-state index is -3.28. The molecule has 112 valence electrons. The molecule has 0 aromatic heterocycles. The molecular formula is C16H18FNO2S. The van der Waals surface area contributed by atoms with Crippen LogP contribution < -0.4 is 4.72 Å². The van der Waals surface area contributed by atoms with Crippen LogP contribution in [0.3, 0.4) is 0 Å². The van der Waals surface area contributed by atoms with Crippen molar-refractivity contribution in [3.63, 3.8) is 0 Å². The van der Waals surface area contributed by atoms with E-state index >= 15 is 0 Å². The van der Waals surface area contributed by atoms with E-state index in [9.17, 15) is 12.8 Å². The molecule has 0 aliphatic rings. The monoisotopic (exact) mass is 307 g/mol. The molecule has 1 N–H and O–H groups in total. The summed E-state index contributed by atoms with van der Waals surface area (Å²) in [7, 11) is -3.28. The molecule has 5 heteroatoms. The first-order valence-electron chi connectivity index (χ1n) is 6.81. The minimum absolute atomic E-state index is 0.0699. The van der Waals surface area contributed by atoms with E-state index in [0.717, 1.165) is 11.1 Å². The van der Waals surface area contributed by atoms with Gasteiger partial charge in [0.1, 0.15) is 5.82 Å². The standard InChI is InChI=1S/C16H18FNO2S/c17-16-8-6-15(7-9-16)10-12-18-21(19,20)13-11-14-4-2-1-3-5-14/h1-9,18H,10-13H2. The molecule has 3 nitrogen and oxygen atoms in total. The van der Waals surface area contributed by atoms with Crippen LogP contribution in [-0.2, 0) is 22.9 Å². The zero-order valence-electron chi connectivity index (χ0n) is 11.6. The van der Waals surface area contributed by atoms with E-state index in [1.165, 1.54) is 12.1 Å². The Hall–Kier alpha value is -1.72. The maximum Gasteiger partial charge on any atom is 0.211 e. The van der Waals surface area contributed by atoms with Gasteiger partial charge >= 0.3 is 0 Å². The van der Waals surface area contributed by atoms with Gasteiger partial charge in [-0.1, -0.05) is 42.5 Å². The molecule has 0 saturated heterocycles. The molecule has 0 fully saturated rings. The van der Waals surface area contributed by atoms with Gasteiger partial charge in [-0.05, 0) is 36.1 Å². The Labute approximate surface area is 124 Å². The summed E-state index contributed by atoms with van der Waals surface area (Å²) in [5.74, 6) is -0.220. The topological polar surface area (TPSA) is 46.2 Å². The number of rotatable bonds is 7. The predicted molar refractivity (Wildman–Crippen MR) is 82.0 cm³/mol. The van der Waals surface area contributed by atoms with Crippen molar-refractivity contribution in [2.24, 2.45) is 0 Å². The van der Waals surface area contributed by atoms with Crippen molar-refractivity contribution in [2.45, 2.75) is 12.8 Å². The van der Waals surface area contributed by atoms with Gasteiger partial charge < -0.3 is 0 Å². The molecule has 21 heavy (non-hydrogen) atoms. The Bertz CT molecular complexity index is 654. The highest BCUT2D eigenvalue weighted by atomic mass is 32.2. The van der Waals surface area contributed by atoms with E-state index in [2.05, 4.69) is 4.72 Å². The largest absolute Gasteiger partial charge is 0.215 e. The third-order valence-electron chi connectivity index (χ3n) is 3.15. The second-order valence-corrected chi connectivity index (χ2v) is 6.75. The van der Waals surface area contributed by atoms with Crippen LogP contribution in [0.1, 0.15) is 11.1 Å². The average molecular weight is 307 g/mol. The van der Waals surface area contributed by atoms with Crippen molar-refractivity contribution in [2.75, 3.05) is 12.3 Å². The van der Waals surface area contributed by atoms with Gasteiger partial charge in [0.25, 0.3) is 0 Å². The van der Waals surface area contributed by atoms with E-state index < -0.39 is 10.0 Å². The Morgan fingerprint density at radius 1 is 0.857 bits per heavy atom. The number of sulfonamides is 1. The summed E-state index contributed by atoms with van der Waals surface area (Å²) in [6.07, 6.45) is 1.04. The zero-order valence-corrected chi connectivity index (χ0v) is 12.4. The van der Waals surface area contributed by atoms with Crippen molar-refractivity contribution in [3.05, 3.63) is 71.5 Å². The van der Waals surface area contributed by atoms with Crippen molar-refractivity contribution in [1.29, 1.82) is 0 Å². The summed E-state index contributed by atoms with van der Waals surface area (Å²) in [5.41, 5.74) is 1.91. The lowest BCUT2D eigenvalue weighted by Gasteiger charge is -2.07. The third kappa shape index (κ3) is 5.65. The van der Waals surface area contributed by atoms with Gasteiger partial charge in [0.05, 0.1) is 5.75 Å². The molecule has 0 spiro atoms. The van der Waals surface area contributed by atoms with E-state index in [4.69, 9.17) is 0 Å². The Balaban J connectivity index is 1.77. The molecular weight excluding hydrogens is 289 g/mol. The van der Waals surface area contributed by atoms with Gasteiger partial charge in [-0.3, -0.25) is 0 Å². The Kier molecular flexibility index (Phi) is 5.47. The van der Waals surface area contributed by atoms with Crippen molar-refractivity contribution >= 4 is 10.0 Å². The number of nitrogens with one attached hydrogen (secondary N) is 1. The first-order valence-corrected chi connectivity index (χ1v) is 8.46. The van der Waals surface area contributed by atoms with Crippen molar-refractivity contribution in [3.8, 4) is 0 Å². The first-order chi connectivity index (χ1) is 10.1. The van der Waals surface area contributed by atoms with E-state index in [0.29, 0.717) is 19.4 Å². The second-order valence-electron chi connectivity index (χ2n) is 4.83. The van der Waals surface area contributed by atoms with Crippen LogP contribution in [0, 0.1) is 5.82 Å². The fourth-order valence-corrected chi connectivity index (χ4v) is 3.03. The summed E-state index contributed by atoms with van der Waals surface area (Å²) in [6, 6.07) is 15.6. The van der Waals surface area contributed by atoms with Gasteiger partial charge in [-0.2, -0.15) is 0 Å². The molecule has 2 aromatic carbocycles. The third-order valence-corrected chi connectivity index (χ3v) is 4.54. The highest BCUT2D eigenvalue weighted by Crippen LogP contribution is 2.04. The molecule has 0 radical (unpaired) electrons. The van der Waals surface area contributed by atoms with Crippen LogP contribution >= 0.6 is 0 Å². The summed E-state index contributed by atoms with van der Waals surface area (Å²) in [4.78, 5) is 0. The Morgan fingerprint density at radius 2 is 1.48 bits per heavy atom. The van der Waals surface area contributed by atoms with E-state index in [1.807, 2.05) is 30.3 Å². The van der Waals surface area contributed by atoms with Gasteiger partial charge in [-0.25, -0.2) is 17.5 Å². The minimum Gasteiger partial charge on any atom is -0.215 e. The van der Waals surface area contributed by atoms with Crippen LogP contribution in [0.15, 0.2) is 54.6 Å². The summed E-state index contributed by atoms with van der Waals surface area (Å²) < 4.78 is 39.1. The highest BCUT2D eigenvalue weighted by molar-refractivity contribution is 7.89. The second kappa shape index (κ2) is 7.33. The molecule has 0 aliphatic carbocycles. The molecule has 2 aromatic rings. The number of benzene rings is 2. The zero-order chi connectivity index (χ0) is 15.1. The molecule has 0 amide bonds. The van der Waals surface area contributed by atoms with Crippen LogP contribution in [0.4, 0.5) is 4.39 Å². The smallest absolute Gasteiger partial charge is 0.211 e. The number of hydrogen-bond donors (Lipinski definition) is 1. The molecule has 0 atom stereocenters.